The number of furan rings is 1. The zero-order chi connectivity index (χ0) is 14.7. The summed E-state index contributed by atoms with van der Waals surface area (Å²) in [5.41, 5.74) is 2.23. The van der Waals surface area contributed by atoms with Crippen LogP contribution in [0.5, 0.6) is 0 Å². The molecule has 0 saturated heterocycles. The second kappa shape index (κ2) is 5.66. The lowest BCUT2D eigenvalue weighted by atomic mass is 10.0. The van der Waals surface area contributed by atoms with Crippen LogP contribution in [-0.2, 0) is 0 Å². The predicted octanol–water partition coefficient (Wildman–Crippen LogP) is 2.83. The molecule has 2 N–H and O–H groups in total. The SMILES string of the molecule is Cc1[nH]ncc1C(=O)NC(c1ccccc1)c1ccco1. The van der Waals surface area contributed by atoms with Crippen molar-refractivity contribution in [2.24, 2.45) is 0 Å². The molecular weight excluding hydrogens is 266 g/mol. The highest BCUT2D eigenvalue weighted by atomic mass is 16.3. The van der Waals surface area contributed by atoms with Crippen molar-refractivity contribution in [2.45, 2.75) is 13.0 Å². The number of carbonyl (C=O) groups is 1. The molecule has 0 fully saturated rings. The highest BCUT2D eigenvalue weighted by molar-refractivity contribution is 5.95. The molecule has 21 heavy (non-hydrogen) atoms. The van der Waals surface area contributed by atoms with Crippen LogP contribution in [0.4, 0.5) is 0 Å². The molecule has 0 bridgehead atoms. The molecule has 5 heteroatoms. The Kier molecular flexibility index (Phi) is 3.55. The van der Waals surface area contributed by atoms with Gasteiger partial charge in [-0.05, 0) is 24.6 Å². The van der Waals surface area contributed by atoms with Gasteiger partial charge in [0.15, 0.2) is 0 Å². The minimum Gasteiger partial charge on any atom is -0.467 e. The van der Waals surface area contributed by atoms with E-state index in [9.17, 15) is 4.79 Å². The number of hydrogen-bond acceptors (Lipinski definition) is 3. The topological polar surface area (TPSA) is 70.9 Å². The molecule has 2 aromatic heterocycles. The monoisotopic (exact) mass is 281 g/mol. The van der Waals surface area contributed by atoms with Crippen LogP contribution in [0.1, 0.15) is 33.4 Å². The highest BCUT2D eigenvalue weighted by Gasteiger charge is 2.21. The van der Waals surface area contributed by atoms with E-state index in [-0.39, 0.29) is 11.9 Å². The lowest BCUT2D eigenvalue weighted by Gasteiger charge is -2.17. The number of benzene rings is 1. The van der Waals surface area contributed by atoms with Crippen LogP contribution >= 0.6 is 0 Å². The van der Waals surface area contributed by atoms with Crippen molar-refractivity contribution in [3.05, 3.63) is 77.5 Å². The maximum atomic E-state index is 12.4. The van der Waals surface area contributed by atoms with Crippen molar-refractivity contribution in [1.29, 1.82) is 0 Å². The molecule has 0 radical (unpaired) electrons. The first-order valence-corrected chi connectivity index (χ1v) is 6.65. The number of aromatic nitrogens is 2. The van der Waals surface area contributed by atoms with E-state index in [0.29, 0.717) is 11.3 Å². The van der Waals surface area contributed by atoms with Crippen LogP contribution < -0.4 is 5.32 Å². The number of nitrogens with one attached hydrogen (secondary N) is 2. The number of nitrogens with zero attached hydrogens (tertiary/aromatic N) is 1. The Morgan fingerprint density at radius 2 is 2.05 bits per heavy atom. The third kappa shape index (κ3) is 2.72. The van der Waals surface area contributed by atoms with E-state index in [1.54, 1.807) is 12.3 Å². The summed E-state index contributed by atoms with van der Waals surface area (Å²) < 4.78 is 5.46. The van der Waals surface area contributed by atoms with Gasteiger partial charge < -0.3 is 9.73 Å². The second-order valence-electron chi connectivity index (χ2n) is 4.74. The smallest absolute Gasteiger partial charge is 0.255 e. The van der Waals surface area contributed by atoms with Crippen LogP contribution in [0.2, 0.25) is 0 Å². The summed E-state index contributed by atoms with van der Waals surface area (Å²) in [5, 5.41) is 9.63. The van der Waals surface area contributed by atoms with Gasteiger partial charge in [0.05, 0.1) is 18.0 Å². The highest BCUT2D eigenvalue weighted by Crippen LogP contribution is 2.23. The molecule has 1 amide bonds. The van der Waals surface area contributed by atoms with Gasteiger partial charge in [0.1, 0.15) is 11.8 Å². The molecule has 0 spiro atoms. The first kappa shape index (κ1) is 13.2. The van der Waals surface area contributed by atoms with Crippen LogP contribution in [0.3, 0.4) is 0 Å². The molecule has 5 nitrogen and oxygen atoms in total. The quantitative estimate of drug-likeness (QED) is 0.772. The Morgan fingerprint density at radius 3 is 2.67 bits per heavy atom. The average Bonchev–Trinajstić information content (AvgIpc) is 3.17. The third-order valence-corrected chi connectivity index (χ3v) is 3.31. The van der Waals surface area contributed by atoms with Gasteiger partial charge >= 0.3 is 0 Å². The van der Waals surface area contributed by atoms with E-state index in [1.165, 1.54) is 6.20 Å². The second-order valence-corrected chi connectivity index (χ2v) is 4.74. The van der Waals surface area contributed by atoms with E-state index in [0.717, 1.165) is 11.3 Å². The molecule has 3 aromatic rings. The Labute approximate surface area is 122 Å². The molecule has 1 unspecified atom stereocenters. The van der Waals surface area contributed by atoms with Gasteiger partial charge in [0, 0.05) is 5.69 Å². The molecule has 0 aliphatic heterocycles. The number of carbonyl (C=O) groups excluding carboxylic acids is 1. The predicted molar refractivity (Wildman–Crippen MR) is 77.8 cm³/mol. The lowest BCUT2D eigenvalue weighted by molar-refractivity contribution is 0.0938. The summed E-state index contributed by atoms with van der Waals surface area (Å²) in [4.78, 5) is 12.4. The van der Waals surface area contributed by atoms with Gasteiger partial charge in [0.25, 0.3) is 5.91 Å². The standard InChI is InChI=1S/C16H15N3O2/c1-11-13(10-17-19-11)16(20)18-15(14-8-5-9-21-14)12-6-3-2-4-7-12/h2-10,15H,1H3,(H,17,19)(H,18,20). The van der Waals surface area contributed by atoms with Crippen molar-refractivity contribution in [3.63, 3.8) is 0 Å². The first-order chi connectivity index (χ1) is 10.3. The van der Waals surface area contributed by atoms with Gasteiger partial charge in [-0.3, -0.25) is 9.89 Å². The molecule has 0 aliphatic carbocycles. The minimum atomic E-state index is -0.331. The molecule has 1 aromatic carbocycles. The fourth-order valence-corrected chi connectivity index (χ4v) is 2.21. The number of amides is 1. The van der Waals surface area contributed by atoms with Gasteiger partial charge in [-0.25, -0.2) is 0 Å². The summed E-state index contributed by atoms with van der Waals surface area (Å²) in [5.74, 6) is 0.502. The third-order valence-electron chi connectivity index (χ3n) is 3.31. The Balaban J connectivity index is 1.91. The summed E-state index contributed by atoms with van der Waals surface area (Å²) in [6.45, 7) is 1.81. The zero-order valence-corrected chi connectivity index (χ0v) is 11.5. The summed E-state index contributed by atoms with van der Waals surface area (Å²) in [7, 11) is 0. The van der Waals surface area contributed by atoms with Crippen molar-refractivity contribution in [3.8, 4) is 0 Å². The van der Waals surface area contributed by atoms with Gasteiger partial charge in [0.2, 0.25) is 0 Å². The van der Waals surface area contributed by atoms with Gasteiger partial charge in [-0.1, -0.05) is 30.3 Å². The maximum Gasteiger partial charge on any atom is 0.255 e. The number of hydrogen-bond donors (Lipinski definition) is 2. The summed E-state index contributed by atoms with van der Waals surface area (Å²) in [6, 6.07) is 13.0. The molecule has 2 heterocycles. The summed E-state index contributed by atoms with van der Waals surface area (Å²) >= 11 is 0. The van der Waals surface area contributed by atoms with Gasteiger partial charge in [-0.15, -0.1) is 0 Å². The first-order valence-electron chi connectivity index (χ1n) is 6.65. The van der Waals surface area contributed by atoms with E-state index >= 15 is 0 Å². The number of rotatable bonds is 4. The van der Waals surface area contributed by atoms with Crippen LogP contribution in [0.25, 0.3) is 0 Å². The van der Waals surface area contributed by atoms with Crippen molar-refractivity contribution >= 4 is 5.91 Å². The molecule has 1 atom stereocenters. The summed E-state index contributed by atoms with van der Waals surface area (Å²) in [6.07, 6.45) is 3.12. The lowest BCUT2D eigenvalue weighted by Crippen LogP contribution is -2.29. The molecule has 3 rings (SSSR count). The fraction of sp³-hybridized carbons (Fsp3) is 0.125. The van der Waals surface area contributed by atoms with Gasteiger partial charge in [-0.2, -0.15) is 5.10 Å². The Morgan fingerprint density at radius 1 is 1.24 bits per heavy atom. The van der Waals surface area contributed by atoms with Crippen LogP contribution in [0, 0.1) is 6.92 Å². The van der Waals surface area contributed by atoms with E-state index in [2.05, 4.69) is 15.5 Å². The minimum absolute atomic E-state index is 0.188. The van der Waals surface area contributed by atoms with Crippen LogP contribution in [-0.4, -0.2) is 16.1 Å². The number of H-pyrrole nitrogens is 1. The Bertz CT molecular complexity index is 717. The zero-order valence-electron chi connectivity index (χ0n) is 11.5. The maximum absolute atomic E-state index is 12.4. The van der Waals surface area contributed by atoms with Crippen LogP contribution in [0.15, 0.2) is 59.3 Å². The largest absolute Gasteiger partial charge is 0.467 e. The van der Waals surface area contributed by atoms with Crippen molar-refractivity contribution in [1.82, 2.24) is 15.5 Å². The molecule has 0 saturated carbocycles. The molecule has 0 aliphatic rings. The average molecular weight is 281 g/mol. The van der Waals surface area contributed by atoms with E-state index in [4.69, 9.17) is 4.42 Å². The molecule has 106 valence electrons. The fourth-order valence-electron chi connectivity index (χ4n) is 2.21. The Hall–Kier alpha value is -2.82. The van der Waals surface area contributed by atoms with Crippen molar-refractivity contribution in [2.75, 3.05) is 0 Å². The molecular formula is C16H15N3O2. The van der Waals surface area contributed by atoms with Crippen molar-refractivity contribution < 1.29 is 9.21 Å². The van der Waals surface area contributed by atoms with E-state index in [1.807, 2.05) is 43.3 Å². The number of aryl methyl sites for hydroxylation is 1. The normalized spacial score (nSPS) is 12.0. The number of aromatic amines is 1. The van der Waals surface area contributed by atoms with E-state index < -0.39 is 0 Å².